The quantitative estimate of drug-likeness (QED) is 0.884. The molecule has 0 saturated carbocycles. The fraction of sp³-hybridized carbons (Fsp3) is 0.533. The molecule has 1 aromatic rings. The first-order valence-electron chi connectivity index (χ1n) is 6.62. The van der Waals surface area contributed by atoms with Crippen LogP contribution in [0.3, 0.4) is 0 Å². The largest absolute Gasteiger partial charge is 0.396 e. The van der Waals surface area contributed by atoms with Crippen LogP contribution in [0.1, 0.15) is 30.9 Å². The molecule has 1 N–H and O–H groups in total. The zero-order valence-electron chi connectivity index (χ0n) is 10.6. The van der Waals surface area contributed by atoms with E-state index in [1.807, 2.05) is 18.2 Å². The number of piperidine rings is 1. The zero-order chi connectivity index (χ0) is 12.8. The molecule has 0 aromatic heterocycles. The summed E-state index contributed by atoms with van der Waals surface area (Å²) < 4.78 is 0. The second kappa shape index (κ2) is 6.53. The van der Waals surface area contributed by atoms with Gasteiger partial charge in [0.15, 0.2) is 0 Å². The Morgan fingerprint density at radius 2 is 1.94 bits per heavy atom. The summed E-state index contributed by atoms with van der Waals surface area (Å²) in [6.45, 7) is 2.25. The predicted octanol–water partition coefficient (Wildman–Crippen LogP) is 2.35. The van der Waals surface area contributed by atoms with Crippen LogP contribution in [-0.2, 0) is 0 Å². The van der Waals surface area contributed by atoms with Crippen molar-refractivity contribution in [2.45, 2.75) is 25.3 Å². The van der Waals surface area contributed by atoms with Gasteiger partial charge in [-0.05, 0) is 37.4 Å². The van der Waals surface area contributed by atoms with E-state index < -0.39 is 0 Å². The Hall–Kier alpha value is -1.37. The predicted molar refractivity (Wildman–Crippen MR) is 70.8 cm³/mol. The first-order chi connectivity index (χ1) is 8.85. The molecule has 1 unspecified atom stereocenters. The van der Waals surface area contributed by atoms with Crippen LogP contribution in [0.2, 0.25) is 0 Å². The third kappa shape index (κ3) is 3.10. The van der Waals surface area contributed by atoms with Crippen molar-refractivity contribution in [2.24, 2.45) is 5.92 Å². The van der Waals surface area contributed by atoms with Crippen LogP contribution in [0.5, 0.6) is 0 Å². The maximum absolute atomic E-state index is 9.17. The van der Waals surface area contributed by atoms with E-state index >= 15 is 0 Å². The standard InChI is InChI=1S/C15H20N2O/c16-9-6-15(14-4-2-1-3-5-14)17-10-7-13(12-18)8-11-17/h1-5,13,15,18H,6-8,10-12H2. The van der Waals surface area contributed by atoms with E-state index in [1.54, 1.807) is 0 Å². The van der Waals surface area contributed by atoms with Crippen molar-refractivity contribution in [2.75, 3.05) is 19.7 Å². The van der Waals surface area contributed by atoms with Crippen molar-refractivity contribution in [3.8, 4) is 6.07 Å². The highest BCUT2D eigenvalue weighted by Crippen LogP contribution is 2.28. The minimum atomic E-state index is 0.204. The summed E-state index contributed by atoms with van der Waals surface area (Å²) in [5.41, 5.74) is 1.22. The molecule has 3 heteroatoms. The normalized spacial score (nSPS) is 19.3. The third-order valence-corrected chi connectivity index (χ3v) is 3.82. The molecule has 0 spiro atoms. The summed E-state index contributed by atoms with van der Waals surface area (Å²) >= 11 is 0. The lowest BCUT2D eigenvalue weighted by Gasteiger charge is -2.36. The van der Waals surface area contributed by atoms with Gasteiger partial charge in [-0.1, -0.05) is 30.3 Å². The van der Waals surface area contributed by atoms with Gasteiger partial charge in [-0.3, -0.25) is 4.90 Å². The van der Waals surface area contributed by atoms with E-state index in [9.17, 15) is 0 Å². The summed E-state index contributed by atoms with van der Waals surface area (Å²) in [5.74, 6) is 0.444. The summed E-state index contributed by atoms with van der Waals surface area (Å²) in [5, 5.41) is 18.2. The molecule has 0 radical (unpaired) electrons. The number of rotatable bonds is 4. The average Bonchev–Trinajstić information content (AvgIpc) is 2.46. The molecule has 0 aliphatic carbocycles. The SMILES string of the molecule is N#CCC(c1ccccc1)N1CCC(CO)CC1. The molecule has 1 aliphatic rings. The summed E-state index contributed by atoms with van der Waals surface area (Å²) in [7, 11) is 0. The Kier molecular flexibility index (Phi) is 4.74. The average molecular weight is 244 g/mol. The number of aliphatic hydroxyl groups excluding tert-OH is 1. The van der Waals surface area contributed by atoms with E-state index in [0.29, 0.717) is 18.9 Å². The van der Waals surface area contributed by atoms with Crippen molar-refractivity contribution in [1.82, 2.24) is 4.90 Å². The van der Waals surface area contributed by atoms with Crippen molar-refractivity contribution in [3.05, 3.63) is 35.9 Å². The topological polar surface area (TPSA) is 47.3 Å². The molecule has 1 aromatic carbocycles. The Morgan fingerprint density at radius 3 is 2.50 bits per heavy atom. The third-order valence-electron chi connectivity index (χ3n) is 3.82. The lowest BCUT2D eigenvalue weighted by atomic mass is 9.94. The first-order valence-corrected chi connectivity index (χ1v) is 6.62. The fourth-order valence-electron chi connectivity index (χ4n) is 2.67. The number of hydrogen-bond donors (Lipinski definition) is 1. The zero-order valence-corrected chi connectivity index (χ0v) is 10.6. The molecule has 1 aliphatic heterocycles. The van der Waals surface area contributed by atoms with Crippen LogP contribution in [0.4, 0.5) is 0 Å². The lowest BCUT2D eigenvalue weighted by molar-refractivity contribution is 0.101. The van der Waals surface area contributed by atoms with E-state index in [4.69, 9.17) is 10.4 Å². The van der Waals surface area contributed by atoms with Gasteiger partial charge in [-0.2, -0.15) is 5.26 Å². The monoisotopic (exact) mass is 244 g/mol. The number of benzene rings is 1. The van der Waals surface area contributed by atoms with Gasteiger partial charge in [0.2, 0.25) is 0 Å². The molecule has 1 saturated heterocycles. The number of nitriles is 1. The Labute approximate surface area is 109 Å². The second-order valence-corrected chi connectivity index (χ2v) is 4.95. The number of nitrogens with zero attached hydrogens (tertiary/aromatic N) is 2. The highest BCUT2D eigenvalue weighted by Gasteiger charge is 2.25. The highest BCUT2D eigenvalue weighted by atomic mass is 16.3. The second-order valence-electron chi connectivity index (χ2n) is 4.95. The van der Waals surface area contributed by atoms with E-state index in [0.717, 1.165) is 25.9 Å². The van der Waals surface area contributed by atoms with E-state index in [-0.39, 0.29) is 6.04 Å². The number of likely N-dealkylation sites (tertiary alicyclic amines) is 1. The molecule has 0 bridgehead atoms. The lowest BCUT2D eigenvalue weighted by Crippen LogP contribution is -2.37. The van der Waals surface area contributed by atoms with Gasteiger partial charge in [0, 0.05) is 12.6 Å². The van der Waals surface area contributed by atoms with Gasteiger partial charge in [0.1, 0.15) is 0 Å². The van der Waals surface area contributed by atoms with Crippen molar-refractivity contribution in [3.63, 3.8) is 0 Å². The number of hydrogen-bond acceptors (Lipinski definition) is 3. The molecule has 18 heavy (non-hydrogen) atoms. The smallest absolute Gasteiger partial charge is 0.0641 e. The summed E-state index contributed by atoms with van der Waals surface area (Å²) in [6, 6.07) is 12.8. The summed E-state index contributed by atoms with van der Waals surface area (Å²) in [6.07, 6.45) is 2.60. The molecular weight excluding hydrogens is 224 g/mol. The van der Waals surface area contributed by atoms with Gasteiger partial charge in [-0.15, -0.1) is 0 Å². The number of aliphatic hydroxyl groups is 1. The van der Waals surface area contributed by atoms with Gasteiger partial charge >= 0.3 is 0 Å². The van der Waals surface area contributed by atoms with Crippen molar-refractivity contribution in [1.29, 1.82) is 5.26 Å². The molecule has 0 amide bonds. The maximum Gasteiger partial charge on any atom is 0.0641 e. The van der Waals surface area contributed by atoms with Crippen molar-refractivity contribution >= 4 is 0 Å². The van der Waals surface area contributed by atoms with Crippen LogP contribution >= 0.6 is 0 Å². The molecule has 1 atom stereocenters. The first kappa shape index (κ1) is 13.1. The van der Waals surface area contributed by atoms with Crippen LogP contribution in [0, 0.1) is 17.2 Å². The minimum Gasteiger partial charge on any atom is -0.396 e. The Morgan fingerprint density at radius 1 is 1.28 bits per heavy atom. The Bertz CT molecular complexity index is 391. The molecule has 3 nitrogen and oxygen atoms in total. The van der Waals surface area contributed by atoms with Crippen LogP contribution in [0.25, 0.3) is 0 Å². The molecule has 1 heterocycles. The molecule has 1 fully saturated rings. The highest BCUT2D eigenvalue weighted by molar-refractivity contribution is 5.20. The van der Waals surface area contributed by atoms with Gasteiger partial charge < -0.3 is 5.11 Å². The van der Waals surface area contributed by atoms with Crippen molar-refractivity contribution < 1.29 is 5.11 Å². The summed E-state index contributed by atoms with van der Waals surface area (Å²) in [4.78, 5) is 2.38. The molecule has 2 rings (SSSR count). The van der Waals surface area contributed by atoms with Crippen LogP contribution in [-0.4, -0.2) is 29.7 Å². The minimum absolute atomic E-state index is 0.204. The van der Waals surface area contributed by atoms with Gasteiger partial charge in [-0.25, -0.2) is 0 Å². The van der Waals surface area contributed by atoms with E-state index in [2.05, 4.69) is 23.1 Å². The Balaban J connectivity index is 2.05. The molecule has 96 valence electrons. The van der Waals surface area contributed by atoms with Gasteiger partial charge in [0.25, 0.3) is 0 Å². The van der Waals surface area contributed by atoms with Gasteiger partial charge in [0.05, 0.1) is 12.5 Å². The van der Waals surface area contributed by atoms with Crippen LogP contribution < -0.4 is 0 Å². The van der Waals surface area contributed by atoms with E-state index in [1.165, 1.54) is 5.56 Å². The van der Waals surface area contributed by atoms with Crippen LogP contribution in [0.15, 0.2) is 30.3 Å². The fourth-order valence-corrected chi connectivity index (χ4v) is 2.67. The molecular formula is C15H20N2O. The maximum atomic E-state index is 9.17.